The number of rotatable bonds is 5. The maximum absolute atomic E-state index is 5.74. The summed E-state index contributed by atoms with van der Waals surface area (Å²) in [6.45, 7) is 0.931. The Morgan fingerprint density at radius 1 is 1.47 bits per heavy atom. The van der Waals surface area contributed by atoms with Crippen molar-refractivity contribution in [1.82, 2.24) is 15.3 Å². The van der Waals surface area contributed by atoms with Crippen LogP contribution in [0.3, 0.4) is 0 Å². The van der Waals surface area contributed by atoms with Crippen LogP contribution in [-0.4, -0.2) is 29.7 Å². The van der Waals surface area contributed by atoms with Crippen molar-refractivity contribution in [1.29, 1.82) is 0 Å². The maximum atomic E-state index is 5.74. The number of hydrogen-bond acceptors (Lipinski definition) is 4. The van der Waals surface area contributed by atoms with Crippen LogP contribution in [0.1, 0.15) is 43.8 Å². The van der Waals surface area contributed by atoms with Crippen LogP contribution in [0.25, 0.3) is 0 Å². The number of nitrogens with zero attached hydrogens (tertiary/aromatic N) is 2. The van der Waals surface area contributed by atoms with Crippen molar-refractivity contribution in [3.8, 4) is 0 Å². The van der Waals surface area contributed by atoms with Gasteiger partial charge in [0.1, 0.15) is 0 Å². The summed E-state index contributed by atoms with van der Waals surface area (Å²) in [6, 6.07) is 0.286. The molecule has 0 aromatic carbocycles. The molecule has 1 aliphatic heterocycles. The molecule has 0 amide bonds. The molecule has 2 atom stereocenters. The second-order valence-electron chi connectivity index (χ2n) is 4.54. The van der Waals surface area contributed by atoms with Crippen LogP contribution in [0.15, 0.2) is 18.6 Å². The van der Waals surface area contributed by atoms with Crippen molar-refractivity contribution >= 4 is 0 Å². The Morgan fingerprint density at radius 3 is 3.06 bits per heavy atom. The van der Waals surface area contributed by atoms with Gasteiger partial charge in [0, 0.05) is 25.2 Å². The standard InChI is InChI=1S/C13H21N3O/c1-14-12(13-10-15-7-8-16-13)6-5-11-4-2-3-9-17-11/h7-8,10-12,14H,2-6,9H2,1H3. The van der Waals surface area contributed by atoms with Gasteiger partial charge in [-0.05, 0) is 39.2 Å². The average molecular weight is 235 g/mol. The molecule has 0 bridgehead atoms. The summed E-state index contributed by atoms with van der Waals surface area (Å²) in [5, 5.41) is 3.30. The second kappa shape index (κ2) is 6.67. The molecular formula is C13H21N3O. The Hall–Kier alpha value is -1.00. The first-order chi connectivity index (χ1) is 8.40. The van der Waals surface area contributed by atoms with Crippen LogP contribution < -0.4 is 5.32 Å². The number of nitrogens with one attached hydrogen (secondary N) is 1. The summed E-state index contributed by atoms with van der Waals surface area (Å²) in [5.41, 5.74) is 1.02. The van der Waals surface area contributed by atoms with Crippen molar-refractivity contribution in [3.05, 3.63) is 24.3 Å². The van der Waals surface area contributed by atoms with E-state index in [1.165, 1.54) is 19.3 Å². The van der Waals surface area contributed by atoms with Gasteiger partial charge >= 0.3 is 0 Å². The Balaban J connectivity index is 1.83. The Kier molecular flexibility index (Phi) is 4.88. The number of ether oxygens (including phenoxy) is 1. The van der Waals surface area contributed by atoms with Gasteiger partial charge < -0.3 is 10.1 Å². The van der Waals surface area contributed by atoms with Gasteiger partial charge in [-0.15, -0.1) is 0 Å². The summed E-state index contributed by atoms with van der Waals surface area (Å²) in [7, 11) is 1.97. The van der Waals surface area contributed by atoms with E-state index in [4.69, 9.17) is 4.74 Å². The molecule has 94 valence electrons. The fraction of sp³-hybridized carbons (Fsp3) is 0.692. The molecular weight excluding hydrogens is 214 g/mol. The highest BCUT2D eigenvalue weighted by Gasteiger charge is 2.17. The van der Waals surface area contributed by atoms with Gasteiger partial charge in [0.2, 0.25) is 0 Å². The molecule has 2 rings (SSSR count). The fourth-order valence-electron chi connectivity index (χ4n) is 2.32. The molecule has 1 N–H and O–H groups in total. The zero-order valence-corrected chi connectivity index (χ0v) is 10.4. The average Bonchev–Trinajstić information content (AvgIpc) is 2.42. The van der Waals surface area contributed by atoms with Crippen LogP contribution in [0.4, 0.5) is 0 Å². The third-order valence-electron chi connectivity index (χ3n) is 3.34. The van der Waals surface area contributed by atoms with Gasteiger partial charge in [-0.25, -0.2) is 0 Å². The molecule has 0 spiro atoms. The Bertz CT molecular complexity index is 312. The lowest BCUT2D eigenvalue weighted by Crippen LogP contribution is -2.23. The highest BCUT2D eigenvalue weighted by Crippen LogP contribution is 2.22. The van der Waals surface area contributed by atoms with Gasteiger partial charge in [-0.3, -0.25) is 9.97 Å². The summed E-state index contributed by atoms with van der Waals surface area (Å²) in [4.78, 5) is 8.46. The molecule has 4 nitrogen and oxygen atoms in total. The maximum Gasteiger partial charge on any atom is 0.0755 e. The third-order valence-corrected chi connectivity index (χ3v) is 3.34. The van der Waals surface area contributed by atoms with Crippen LogP contribution in [0.5, 0.6) is 0 Å². The van der Waals surface area contributed by atoms with Crippen LogP contribution >= 0.6 is 0 Å². The van der Waals surface area contributed by atoms with E-state index in [1.807, 2.05) is 13.2 Å². The van der Waals surface area contributed by atoms with E-state index >= 15 is 0 Å². The lowest BCUT2D eigenvalue weighted by atomic mass is 10.0. The van der Waals surface area contributed by atoms with E-state index in [9.17, 15) is 0 Å². The van der Waals surface area contributed by atoms with Gasteiger partial charge in [0.25, 0.3) is 0 Å². The van der Waals surface area contributed by atoms with Crippen molar-refractivity contribution in [2.24, 2.45) is 0 Å². The number of aromatic nitrogens is 2. The molecule has 1 aliphatic rings. The van der Waals surface area contributed by atoms with Crippen LogP contribution in [0, 0.1) is 0 Å². The lowest BCUT2D eigenvalue weighted by molar-refractivity contribution is 0.00859. The Morgan fingerprint density at radius 2 is 2.41 bits per heavy atom. The predicted octanol–water partition coefficient (Wildman–Crippen LogP) is 2.09. The first-order valence-corrected chi connectivity index (χ1v) is 6.45. The normalized spacial score (nSPS) is 22.3. The van der Waals surface area contributed by atoms with Crippen molar-refractivity contribution in [3.63, 3.8) is 0 Å². The monoisotopic (exact) mass is 235 g/mol. The lowest BCUT2D eigenvalue weighted by Gasteiger charge is -2.24. The summed E-state index contributed by atoms with van der Waals surface area (Å²) < 4.78 is 5.74. The minimum atomic E-state index is 0.286. The highest BCUT2D eigenvalue weighted by atomic mass is 16.5. The van der Waals surface area contributed by atoms with E-state index < -0.39 is 0 Å². The van der Waals surface area contributed by atoms with E-state index in [2.05, 4.69) is 15.3 Å². The van der Waals surface area contributed by atoms with Gasteiger partial charge in [0.05, 0.1) is 17.8 Å². The molecule has 2 unspecified atom stereocenters. The minimum absolute atomic E-state index is 0.286. The highest BCUT2D eigenvalue weighted by molar-refractivity contribution is 5.01. The molecule has 1 aromatic rings. The molecule has 4 heteroatoms. The summed E-state index contributed by atoms with van der Waals surface area (Å²) in [6.07, 6.45) is 11.6. The molecule has 1 fully saturated rings. The molecule has 17 heavy (non-hydrogen) atoms. The van der Waals surface area contributed by atoms with Gasteiger partial charge in [-0.2, -0.15) is 0 Å². The zero-order chi connectivity index (χ0) is 11.9. The predicted molar refractivity (Wildman–Crippen MR) is 66.7 cm³/mol. The molecule has 1 saturated heterocycles. The first-order valence-electron chi connectivity index (χ1n) is 6.45. The molecule has 2 heterocycles. The molecule has 0 saturated carbocycles. The van der Waals surface area contributed by atoms with E-state index in [0.29, 0.717) is 6.10 Å². The molecule has 1 aromatic heterocycles. The van der Waals surface area contributed by atoms with Crippen molar-refractivity contribution in [2.45, 2.75) is 44.2 Å². The second-order valence-corrected chi connectivity index (χ2v) is 4.54. The summed E-state index contributed by atoms with van der Waals surface area (Å²) in [5.74, 6) is 0. The van der Waals surface area contributed by atoms with Gasteiger partial charge in [-0.1, -0.05) is 0 Å². The topological polar surface area (TPSA) is 47.0 Å². The van der Waals surface area contributed by atoms with Crippen molar-refractivity contribution in [2.75, 3.05) is 13.7 Å². The zero-order valence-electron chi connectivity index (χ0n) is 10.4. The largest absolute Gasteiger partial charge is 0.378 e. The van der Waals surface area contributed by atoms with Crippen molar-refractivity contribution < 1.29 is 4.74 Å². The quantitative estimate of drug-likeness (QED) is 0.849. The van der Waals surface area contributed by atoms with E-state index in [-0.39, 0.29) is 6.04 Å². The molecule has 0 radical (unpaired) electrons. The Labute approximate surface area is 103 Å². The minimum Gasteiger partial charge on any atom is -0.378 e. The van der Waals surface area contributed by atoms with E-state index in [1.54, 1.807) is 12.4 Å². The van der Waals surface area contributed by atoms with Crippen LogP contribution in [-0.2, 0) is 4.74 Å². The fourth-order valence-corrected chi connectivity index (χ4v) is 2.32. The first kappa shape index (κ1) is 12.5. The SMILES string of the molecule is CNC(CCC1CCCCO1)c1cnccn1. The summed E-state index contributed by atoms with van der Waals surface area (Å²) >= 11 is 0. The van der Waals surface area contributed by atoms with E-state index in [0.717, 1.165) is 25.1 Å². The molecule has 0 aliphatic carbocycles. The van der Waals surface area contributed by atoms with Gasteiger partial charge in [0.15, 0.2) is 0 Å². The third kappa shape index (κ3) is 3.75. The smallest absolute Gasteiger partial charge is 0.0755 e. The van der Waals surface area contributed by atoms with Crippen LogP contribution in [0.2, 0.25) is 0 Å². The number of hydrogen-bond donors (Lipinski definition) is 1.